The highest BCUT2D eigenvalue weighted by Crippen LogP contribution is 2.25. The van der Waals surface area contributed by atoms with Crippen LogP contribution in [-0.2, 0) is 4.74 Å². The van der Waals surface area contributed by atoms with Crippen molar-refractivity contribution in [2.24, 2.45) is 5.92 Å². The third-order valence-electron chi connectivity index (χ3n) is 4.33. The molecule has 0 radical (unpaired) electrons. The number of morpholine rings is 1. The van der Waals surface area contributed by atoms with Gasteiger partial charge in [0, 0.05) is 30.7 Å². The van der Waals surface area contributed by atoms with Crippen LogP contribution >= 0.6 is 0 Å². The average molecular weight is 360 g/mol. The summed E-state index contributed by atoms with van der Waals surface area (Å²) >= 11 is 0. The minimum absolute atomic E-state index is 0.305. The van der Waals surface area contributed by atoms with Gasteiger partial charge in [0.25, 0.3) is 0 Å². The zero-order chi connectivity index (χ0) is 18.5. The van der Waals surface area contributed by atoms with Crippen molar-refractivity contribution in [3.8, 4) is 0 Å². The van der Waals surface area contributed by atoms with E-state index in [1.807, 2.05) is 12.1 Å². The lowest BCUT2D eigenvalue weighted by Crippen LogP contribution is -2.36. The Morgan fingerprint density at radius 1 is 1.31 bits per heavy atom. The van der Waals surface area contributed by atoms with Crippen molar-refractivity contribution in [2.75, 3.05) is 43.1 Å². The van der Waals surface area contributed by atoms with Gasteiger partial charge in [0.15, 0.2) is 5.82 Å². The maximum Gasteiger partial charge on any atom is 0.319 e. The topological polar surface area (TPSA) is 66.5 Å². The first-order valence-corrected chi connectivity index (χ1v) is 9.01. The number of anilines is 2. The maximum atomic E-state index is 14.5. The summed E-state index contributed by atoms with van der Waals surface area (Å²) in [4.78, 5) is 18.5. The Morgan fingerprint density at radius 2 is 2.08 bits per heavy atom. The van der Waals surface area contributed by atoms with Crippen LogP contribution in [0.25, 0.3) is 10.9 Å². The summed E-state index contributed by atoms with van der Waals surface area (Å²) in [5.41, 5.74) is 0.720. The number of benzene rings is 1. The van der Waals surface area contributed by atoms with Crippen LogP contribution in [0, 0.1) is 11.7 Å². The van der Waals surface area contributed by atoms with Crippen LogP contribution < -0.4 is 15.5 Å². The van der Waals surface area contributed by atoms with E-state index >= 15 is 0 Å². The summed E-state index contributed by atoms with van der Waals surface area (Å²) in [6.07, 6.45) is 0.897. The highest BCUT2D eigenvalue weighted by Gasteiger charge is 2.14. The molecular weight excluding hydrogens is 335 g/mol. The Labute approximate surface area is 152 Å². The van der Waals surface area contributed by atoms with Crippen LogP contribution in [0.15, 0.2) is 24.3 Å². The molecule has 1 aromatic heterocycles. The zero-order valence-corrected chi connectivity index (χ0v) is 15.2. The molecule has 7 heteroatoms. The number of hydrogen-bond donors (Lipinski definition) is 2. The Balaban J connectivity index is 1.72. The molecule has 2 amide bonds. The van der Waals surface area contributed by atoms with Crippen LogP contribution in [0.2, 0.25) is 0 Å². The lowest BCUT2D eigenvalue weighted by Gasteiger charge is -2.28. The molecule has 0 unspecified atom stereocenters. The van der Waals surface area contributed by atoms with E-state index in [1.165, 1.54) is 6.07 Å². The van der Waals surface area contributed by atoms with E-state index < -0.39 is 5.82 Å². The third-order valence-corrected chi connectivity index (χ3v) is 4.33. The maximum absolute atomic E-state index is 14.5. The van der Waals surface area contributed by atoms with E-state index in [2.05, 4.69) is 34.4 Å². The second kappa shape index (κ2) is 8.31. The fraction of sp³-hybridized carbons (Fsp3) is 0.474. The average Bonchev–Trinajstić information content (AvgIpc) is 2.62. The number of carbonyl (C=O) groups excluding carboxylic acids is 1. The number of rotatable bonds is 5. The number of fused-ring (bicyclic) bond motifs is 1. The van der Waals surface area contributed by atoms with Gasteiger partial charge in [-0.1, -0.05) is 13.8 Å². The number of urea groups is 1. The van der Waals surface area contributed by atoms with Gasteiger partial charge in [-0.05, 0) is 36.6 Å². The molecule has 0 atom stereocenters. The molecule has 26 heavy (non-hydrogen) atoms. The lowest BCUT2D eigenvalue weighted by atomic mass is 10.1. The molecule has 1 saturated heterocycles. The Hall–Kier alpha value is -2.41. The van der Waals surface area contributed by atoms with E-state index in [9.17, 15) is 9.18 Å². The number of pyridine rings is 1. The first-order valence-electron chi connectivity index (χ1n) is 9.01. The minimum Gasteiger partial charge on any atom is -0.378 e. The third kappa shape index (κ3) is 4.60. The Morgan fingerprint density at radius 3 is 2.81 bits per heavy atom. The number of aromatic nitrogens is 1. The van der Waals surface area contributed by atoms with Crippen molar-refractivity contribution in [3.63, 3.8) is 0 Å². The van der Waals surface area contributed by atoms with Crippen molar-refractivity contribution in [2.45, 2.75) is 20.3 Å². The number of ether oxygens (including phenoxy) is 1. The molecule has 0 bridgehead atoms. The number of halogens is 1. The van der Waals surface area contributed by atoms with E-state index in [1.54, 1.807) is 6.07 Å². The number of hydrogen-bond acceptors (Lipinski definition) is 4. The summed E-state index contributed by atoms with van der Waals surface area (Å²) in [5, 5.41) is 6.11. The second-order valence-corrected chi connectivity index (χ2v) is 6.86. The minimum atomic E-state index is -0.449. The molecule has 140 valence electrons. The van der Waals surface area contributed by atoms with Gasteiger partial charge in [-0.3, -0.25) is 0 Å². The quantitative estimate of drug-likeness (QED) is 0.858. The van der Waals surface area contributed by atoms with E-state index in [0.717, 1.165) is 25.3 Å². The SMILES string of the molecule is CC(C)CCNC(=O)Nc1cc(F)c2nc(N3CCOCC3)ccc2c1. The molecule has 2 heterocycles. The van der Waals surface area contributed by atoms with Crippen LogP contribution in [0.3, 0.4) is 0 Å². The van der Waals surface area contributed by atoms with Gasteiger partial charge in [-0.25, -0.2) is 14.2 Å². The normalized spacial score (nSPS) is 14.7. The first kappa shape index (κ1) is 18.4. The summed E-state index contributed by atoms with van der Waals surface area (Å²) < 4.78 is 19.9. The second-order valence-electron chi connectivity index (χ2n) is 6.86. The van der Waals surface area contributed by atoms with E-state index in [4.69, 9.17) is 4.74 Å². The smallest absolute Gasteiger partial charge is 0.319 e. The first-order chi connectivity index (χ1) is 12.5. The Bertz CT molecular complexity index is 775. The highest BCUT2D eigenvalue weighted by atomic mass is 19.1. The molecule has 2 aromatic rings. The zero-order valence-electron chi connectivity index (χ0n) is 15.2. The summed E-state index contributed by atoms with van der Waals surface area (Å²) in [6, 6.07) is 6.41. The van der Waals surface area contributed by atoms with Gasteiger partial charge in [-0.2, -0.15) is 0 Å². The van der Waals surface area contributed by atoms with Gasteiger partial charge >= 0.3 is 6.03 Å². The molecule has 0 saturated carbocycles. The molecule has 0 spiro atoms. The van der Waals surface area contributed by atoms with Gasteiger partial charge in [0.2, 0.25) is 0 Å². The highest BCUT2D eigenvalue weighted by molar-refractivity contribution is 5.93. The molecular formula is C19H25FN4O2. The number of carbonyl (C=O) groups is 1. The van der Waals surface area contributed by atoms with E-state index in [-0.39, 0.29) is 6.03 Å². The van der Waals surface area contributed by atoms with Crippen LogP contribution in [-0.4, -0.2) is 43.9 Å². The molecule has 2 N–H and O–H groups in total. The van der Waals surface area contributed by atoms with Crippen LogP contribution in [0.1, 0.15) is 20.3 Å². The van der Waals surface area contributed by atoms with Crippen molar-refractivity contribution >= 4 is 28.4 Å². The van der Waals surface area contributed by atoms with Gasteiger partial charge in [0.05, 0.1) is 13.2 Å². The number of nitrogens with one attached hydrogen (secondary N) is 2. The molecule has 1 aliphatic rings. The number of nitrogens with zero attached hydrogens (tertiary/aromatic N) is 2. The summed E-state index contributed by atoms with van der Waals surface area (Å²) in [7, 11) is 0. The van der Waals surface area contributed by atoms with Crippen molar-refractivity contribution in [3.05, 3.63) is 30.1 Å². The summed E-state index contributed by atoms with van der Waals surface area (Å²) in [6.45, 7) is 7.57. The predicted octanol–water partition coefficient (Wildman–Crippen LogP) is 3.38. The van der Waals surface area contributed by atoms with Gasteiger partial charge < -0.3 is 20.3 Å². The fourth-order valence-electron chi connectivity index (χ4n) is 2.87. The molecule has 3 rings (SSSR count). The van der Waals surface area contributed by atoms with Gasteiger partial charge in [0.1, 0.15) is 11.3 Å². The van der Waals surface area contributed by atoms with Gasteiger partial charge in [-0.15, -0.1) is 0 Å². The van der Waals surface area contributed by atoms with Crippen LogP contribution in [0.5, 0.6) is 0 Å². The summed E-state index contributed by atoms with van der Waals surface area (Å²) in [5.74, 6) is 0.807. The molecule has 6 nitrogen and oxygen atoms in total. The standard InChI is InChI=1S/C19H25FN4O2/c1-13(2)5-6-21-19(25)22-15-11-14-3-4-17(23-18(14)16(20)12-15)24-7-9-26-10-8-24/h3-4,11-13H,5-10H2,1-2H3,(H2,21,22,25). The predicted molar refractivity (Wildman–Crippen MR) is 101 cm³/mol. The largest absolute Gasteiger partial charge is 0.378 e. The molecule has 1 aliphatic heterocycles. The van der Waals surface area contributed by atoms with Crippen molar-refractivity contribution in [1.29, 1.82) is 0 Å². The Kier molecular flexibility index (Phi) is 5.88. The van der Waals surface area contributed by atoms with Crippen LogP contribution in [0.4, 0.5) is 20.7 Å². The molecule has 1 fully saturated rings. The monoisotopic (exact) mass is 360 g/mol. The lowest BCUT2D eigenvalue weighted by molar-refractivity contribution is 0.122. The molecule has 0 aliphatic carbocycles. The van der Waals surface area contributed by atoms with Crippen molar-refractivity contribution in [1.82, 2.24) is 10.3 Å². The number of amides is 2. The fourth-order valence-corrected chi connectivity index (χ4v) is 2.87. The molecule has 1 aromatic carbocycles. The van der Waals surface area contributed by atoms with Crippen molar-refractivity contribution < 1.29 is 13.9 Å². The van der Waals surface area contributed by atoms with E-state index in [0.29, 0.717) is 42.3 Å².